The molecule has 2 aromatic rings. The van der Waals surface area contributed by atoms with Crippen LogP contribution in [0.15, 0.2) is 17.9 Å². The van der Waals surface area contributed by atoms with E-state index in [-0.39, 0.29) is 5.54 Å². The van der Waals surface area contributed by atoms with Crippen LogP contribution in [0.25, 0.3) is 0 Å². The topological polar surface area (TPSA) is 56.7 Å². The minimum Gasteiger partial charge on any atom is -0.326 e. The fourth-order valence-corrected chi connectivity index (χ4v) is 2.37. The van der Waals surface area contributed by atoms with Crippen LogP contribution in [0.4, 0.5) is 0 Å². The van der Waals surface area contributed by atoms with Crippen LogP contribution in [0.2, 0.25) is 0 Å². The monoisotopic (exact) mass is 236 g/mol. The Bertz CT molecular complexity index is 478. The molecule has 0 radical (unpaired) electrons. The van der Waals surface area contributed by atoms with Crippen LogP contribution in [-0.4, -0.2) is 14.5 Å². The van der Waals surface area contributed by atoms with Gasteiger partial charge < -0.3 is 10.3 Å². The Hall–Kier alpha value is -1.20. The van der Waals surface area contributed by atoms with Gasteiger partial charge in [-0.2, -0.15) is 0 Å². The van der Waals surface area contributed by atoms with Crippen LogP contribution < -0.4 is 5.73 Å². The first-order valence-electron chi connectivity index (χ1n) is 5.17. The van der Waals surface area contributed by atoms with Crippen LogP contribution in [-0.2, 0) is 12.1 Å². The van der Waals surface area contributed by atoms with Gasteiger partial charge in [0.05, 0.1) is 24.1 Å². The lowest BCUT2D eigenvalue weighted by molar-refractivity contribution is 0.503. The fourth-order valence-electron chi connectivity index (χ4n) is 1.60. The smallest absolute Gasteiger partial charge is 0.113 e. The van der Waals surface area contributed by atoms with Crippen LogP contribution in [0.1, 0.15) is 30.2 Å². The maximum atomic E-state index is 6.08. The second kappa shape index (κ2) is 3.99. The lowest BCUT2D eigenvalue weighted by Crippen LogP contribution is -2.31. The molecular weight excluding hydrogens is 220 g/mol. The van der Waals surface area contributed by atoms with Gasteiger partial charge >= 0.3 is 0 Å². The summed E-state index contributed by atoms with van der Waals surface area (Å²) in [5, 5.41) is 3.14. The first kappa shape index (κ1) is 11.3. The minimum absolute atomic E-state index is 0.372. The molecule has 2 rings (SSSR count). The number of nitrogens with zero attached hydrogens (tertiary/aromatic N) is 3. The van der Waals surface area contributed by atoms with E-state index in [1.54, 1.807) is 17.7 Å². The first-order valence-corrected chi connectivity index (χ1v) is 6.05. The van der Waals surface area contributed by atoms with Crippen LogP contribution in [0.5, 0.6) is 0 Å². The molecule has 5 heteroatoms. The van der Waals surface area contributed by atoms with E-state index in [0.717, 1.165) is 22.9 Å². The number of hydrogen-bond donors (Lipinski definition) is 1. The van der Waals surface area contributed by atoms with Crippen molar-refractivity contribution >= 4 is 11.3 Å². The summed E-state index contributed by atoms with van der Waals surface area (Å²) < 4.78 is 2.05. The molecule has 16 heavy (non-hydrogen) atoms. The molecule has 0 atom stereocenters. The number of imidazole rings is 1. The zero-order valence-corrected chi connectivity index (χ0v) is 10.6. The van der Waals surface area contributed by atoms with Gasteiger partial charge in [-0.05, 0) is 20.8 Å². The Morgan fingerprint density at radius 2 is 2.25 bits per heavy atom. The largest absolute Gasteiger partial charge is 0.326 e. The number of rotatable bonds is 3. The molecule has 86 valence electrons. The van der Waals surface area contributed by atoms with Crippen molar-refractivity contribution in [2.24, 2.45) is 5.73 Å². The van der Waals surface area contributed by atoms with Gasteiger partial charge in [-0.15, -0.1) is 11.3 Å². The molecule has 0 aromatic carbocycles. The fraction of sp³-hybridized carbons (Fsp3) is 0.455. The molecule has 0 saturated heterocycles. The van der Waals surface area contributed by atoms with Crippen molar-refractivity contribution in [2.45, 2.75) is 32.9 Å². The standard InChI is InChI=1S/C11H16N4S/c1-8-6-16-10(14-8)5-15-7-13-4-9(15)11(2,3)12/h4,6-7H,5,12H2,1-3H3. The molecule has 0 aliphatic carbocycles. The first-order chi connectivity index (χ1) is 7.47. The third-order valence-corrected chi connectivity index (χ3v) is 3.30. The lowest BCUT2D eigenvalue weighted by Gasteiger charge is -2.20. The molecule has 0 unspecified atom stereocenters. The molecule has 2 heterocycles. The Morgan fingerprint density at radius 3 is 2.81 bits per heavy atom. The summed E-state index contributed by atoms with van der Waals surface area (Å²) in [5.74, 6) is 0. The number of nitrogens with two attached hydrogens (primary N) is 1. The van der Waals surface area contributed by atoms with E-state index in [1.807, 2.05) is 27.0 Å². The lowest BCUT2D eigenvalue weighted by atomic mass is 10.0. The molecule has 0 bridgehead atoms. The second-order valence-electron chi connectivity index (χ2n) is 4.51. The summed E-state index contributed by atoms with van der Waals surface area (Å²) in [7, 11) is 0. The minimum atomic E-state index is -0.372. The molecule has 0 saturated carbocycles. The van der Waals surface area contributed by atoms with Gasteiger partial charge in [-0.25, -0.2) is 9.97 Å². The molecule has 2 N–H and O–H groups in total. The predicted molar refractivity (Wildman–Crippen MR) is 65.4 cm³/mol. The third-order valence-electron chi connectivity index (χ3n) is 2.34. The third kappa shape index (κ3) is 2.31. The molecule has 0 spiro atoms. The van der Waals surface area contributed by atoms with E-state index in [9.17, 15) is 0 Å². The van der Waals surface area contributed by atoms with E-state index in [1.165, 1.54) is 0 Å². The van der Waals surface area contributed by atoms with E-state index in [2.05, 4.69) is 19.9 Å². The Balaban J connectivity index is 2.25. The Morgan fingerprint density at radius 1 is 1.50 bits per heavy atom. The molecule has 2 aromatic heterocycles. The summed E-state index contributed by atoms with van der Waals surface area (Å²) >= 11 is 1.67. The van der Waals surface area contributed by atoms with Crippen LogP contribution >= 0.6 is 11.3 Å². The van der Waals surface area contributed by atoms with Gasteiger partial charge in [-0.3, -0.25) is 0 Å². The highest BCUT2D eigenvalue weighted by atomic mass is 32.1. The zero-order chi connectivity index (χ0) is 11.8. The Kier molecular flexibility index (Phi) is 2.82. The highest BCUT2D eigenvalue weighted by Crippen LogP contribution is 2.18. The highest BCUT2D eigenvalue weighted by Gasteiger charge is 2.19. The van der Waals surface area contributed by atoms with E-state index >= 15 is 0 Å². The number of aromatic nitrogens is 3. The highest BCUT2D eigenvalue weighted by molar-refractivity contribution is 7.09. The van der Waals surface area contributed by atoms with Gasteiger partial charge in [0, 0.05) is 17.3 Å². The van der Waals surface area contributed by atoms with Crippen molar-refractivity contribution in [3.8, 4) is 0 Å². The summed E-state index contributed by atoms with van der Waals surface area (Å²) in [4.78, 5) is 8.59. The molecule has 0 fully saturated rings. The van der Waals surface area contributed by atoms with E-state index < -0.39 is 0 Å². The molecule has 0 aliphatic heterocycles. The Labute approximate surface area is 99.2 Å². The normalized spacial score (nSPS) is 12.0. The molecular formula is C11H16N4S. The summed E-state index contributed by atoms with van der Waals surface area (Å²) in [6.45, 7) is 6.71. The number of aryl methyl sites for hydroxylation is 1. The zero-order valence-electron chi connectivity index (χ0n) is 9.77. The quantitative estimate of drug-likeness (QED) is 0.885. The van der Waals surface area contributed by atoms with E-state index in [0.29, 0.717) is 0 Å². The maximum absolute atomic E-state index is 6.08. The average molecular weight is 236 g/mol. The number of thiazole rings is 1. The molecule has 0 amide bonds. The van der Waals surface area contributed by atoms with Crippen molar-refractivity contribution in [2.75, 3.05) is 0 Å². The van der Waals surface area contributed by atoms with Crippen LogP contribution in [0, 0.1) is 6.92 Å². The summed E-state index contributed by atoms with van der Waals surface area (Å²) in [5.41, 5.74) is 7.80. The van der Waals surface area contributed by atoms with Crippen LogP contribution in [0.3, 0.4) is 0 Å². The predicted octanol–water partition coefficient (Wildman–Crippen LogP) is 1.89. The molecule has 4 nitrogen and oxygen atoms in total. The van der Waals surface area contributed by atoms with Gasteiger partial charge in [0.1, 0.15) is 5.01 Å². The van der Waals surface area contributed by atoms with Gasteiger partial charge in [0.25, 0.3) is 0 Å². The van der Waals surface area contributed by atoms with Crippen molar-refractivity contribution in [3.05, 3.63) is 34.3 Å². The summed E-state index contributed by atoms with van der Waals surface area (Å²) in [6, 6.07) is 0. The maximum Gasteiger partial charge on any atom is 0.113 e. The van der Waals surface area contributed by atoms with Crippen molar-refractivity contribution in [1.82, 2.24) is 14.5 Å². The SMILES string of the molecule is Cc1csc(Cn2cncc2C(C)(C)N)n1. The van der Waals surface area contributed by atoms with Crippen molar-refractivity contribution in [3.63, 3.8) is 0 Å². The van der Waals surface area contributed by atoms with Gasteiger partial charge in [0.15, 0.2) is 0 Å². The average Bonchev–Trinajstić information content (AvgIpc) is 2.74. The summed E-state index contributed by atoms with van der Waals surface area (Å²) in [6.07, 6.45) is 3.63. The van der Waals surface area contributed by atoms with Gasteiger partial charge in [0.2, 0.25) is 0 Å². The second-order valence-corrected chi connectivity index (χ2v) is 5.45. The number of hydrogen-bond acceptors (Lipinski definition) is 4. The van der Waals surface area contributed by atoms with Crippen molar-refractivity contribution in [1.29, 1.82) is 0 Å². The molecule has 0 aliphatic rings. The van der Waals surface area contributed by atoms with Crippen molar-refractivity contribution < 1.29 is 0 Å². The van der Waals surface area contributed by atoms with E-state index in [4.69, 9.17) is 5.73 Å². The van der Waals surface area contributed by atoms with Gasteiger partial charge in [-0.1, -0.05) is 0 Å².